The van der Waals surface area contributed by atoms with Crippen LogP contribution in [0.15, 0.2) is 54.7 Å². The van der Waals surface area contributed by atoms with Crippen LogP contribution in [0.3, 0.4) is 0 Å². The highest BCUT2D eigenvalue weighted by Gasteiger charge is 2.38. The number of nitrogens with one attached hydrogen (secondary N) is 1. The van der Waals surface area contributed by atoms with Crippen molar-refractivity contribution >= 4 is 36.5 Å². The van der Waals surface area contributed by atoms with Crippen molar-refractivity contribution in [1.82, 2.24) is 15.0 Å². The molecule has 0 aliphatic rings. The molecule has 27 heavy (non-hydrogen) atoms. The lowest BCUT2D eigenvalue weighted by atomic mass is 10.3. The van der Waals surface area contributed by atoms with Crippen molar-refractivity contribution in [3.8, 4) is 5.69 Å². The minimum atomic E-state index is -3.56. The number of nitrogens with zero attached hydrogens (tertiary/aromatic N) is 3. The lowest BCUT2D eigenvalue weighted by Gasteiger charge is -2.24. The number of anilines is 1. The van der Waals surface area contributed by atoms with Gasteiger partial charge in [0.05, 0.1) is 11.9 Å². The Morgan fingerprint density at radius 2 is 1.56 bits per heavy atom. The van der Waals surface area contributed by atoms with Gasteiger partial charge in [-0.2, -0.15) is 0 Å². The van der Waals surface area contributed by atoms with Crippen LogP contribution in [0, 0.1) is 0 Å². The zero-order chi connectivity index (χ0) is 19.4. The van der Waals surface area contributed by atoms with Gasteiger partial charge in [0.25, 0.3) is 0 Å². The number of aromatic nitrogens is 3. The van der Waals surface area contributed by atoms with E-state index in [-0.39, 0.29) is 0 Å². The van der Waals surface area contributed by atoms with Crippen LogP contribution in [0.4, 0.5) is 5.69 Å². The van der Waals surface area contributed by atoms with E-state index < -0.39 is 13.4 Å². The van der Waals surface area contributed by atoms with Gasteiger partial charge in [0.15, 0.2) is 5.78 Å². The van der Waals surface area contributed by atoms with Gasteiger partial charge in [-0.1, -0.05) is 28.4 Å². The monoisotopic (exact) mass is 426 g/mol. The van der Waals surface area contributed by atoms with Gasteiger partial charge in [-0.3, -0.25) is 4.57 Å². The van der Waals surface area contributed by atoms with E-state index in [9.17, 15) is 4.57 Å². The molecule has 3 aromatic rings. The van der Waals surface area contributed by atoms with E-state index in [1.807, 2.05) is 0 Å². The van der Waals surface area contributed by atoms with E-state index in [0.29, 0.717) is 21.4 Å². The van der Waals surface area contributed by atoms with Crippen molar-refractivity contribution in [2.75, 3.05) is 19.5 Å². The van der Waals surface area contributed by atoms with Crippen LogP contribution >= 0.6 is 30.8 Å². The molecular formula is C17H17Cl2N4O3P. The molecule has 1 heterocycles. The number of hydrogen-bond donors (Lipinski definition) is 1. The fourth-order valence-electron chi connectivity index (χ4n) is 2.43. The Bertz CT molecular complexity index is 940. The van der Waals surface area contributed by atoms with E-state index in [1.54, 1.807) is 59.4 Å². The summed E-state index contributed by atoms with van der Waals surface area (Å²) in [5, 5.41) is 12.6. The summed E-state index contributed by atoms with van der Waals surface area (Å²) in [5.74, 6) is -0.866. The van der Waals surface area contributed by atoms with Crippen LogP contribution in [-0.2, 0) is 13.6 Å². The summed E-state index contributed by atoms with van der Waals surface area (Å²) in [6.45, 7) is 0. The van der Waals surface area contributed by atoms with Crippen LogP contribution in [0.2, 0.25) is 10.0 Å². The lowest BCUT2D eigenvalue weighted by Crippen LogP contribution is -2.14. The molecule has 0 fully saturated rings. The Labute approximate surface area is 166 Å². The minimum absolute atomic E-state index is 0.395. The summed E-state index contributed by atoms with van der Waals surface area (Å²) in [7, 11) is -0.910. The van der Waals surface area contributed by atoms with Crippen molar-refractivity contribution in [2.45, 2.75) is 5.78 Å². The molecule has 0 saturated carbocycles. The van der Waals surface area contributed by atoms with Crippen molar-refractivity contribution in [2.24, 2.45) is 0 Å². The maximum atomic E-state index is 13.1. The molecule has 0 saturated heterocycles. The van der Waals surface area contributed by atoms with Crippen LogP contribution in [0.25, 0.3) is 5.69 Å². The summed E-state index contributed by atoms with van der Waals surface area (Å²) in [4.78, 5) is 0. The lowest BCUT2D eigenvalue weighted by molar-refractivity contribution is 0.268. The first-order chi connectivity index (χ1) is 12.9. The Hall–Kier alpha value is -1.89. The number of hydrogen-bond acceptors (Lipinski definition) is 6. The van der Waals surface area contributed by atoms with Crippen molar-refractivity contribution in [3.63, 3.8) is 0 Å². The first-order valence-corrected chi connectivity index (χ1v) is 10.2. The molecule has 142 valence electrons. The Morgan fingerprint density at radius 3 is 2.11 bits per heavy atom. The largest absolute Gasteiger partial charge is 0.367 e. The molecule has 1 N–H and O–H groups in total. The highest BCUT2D eigenvalue weighted by atomic mass is 35.5. The molecule has 0 aliphatic heterocycles. The molecule has 1 unspecified atom stereocenters. The summed E-state index contributed by atoms with van der Waals surface area (Å²) < 4.78 is 25.0. The summed E-state index contributed by atoms with van der Waals surface area (Å²) in [5.41, 5.74) is 1.83. The van der Waals surface area contributed by atoms with E-state index in [1.165, 1.54) is 14.2 Å². The van der Waals surface area contributed by atoms with Crippen molar-refractivity contribution in [3.05, 3.63) is 70.5 Å². The average Bonchev–Trinajstić information content (AvgIpc) is 3.17. The molecule has 0 amide bonds. The highest BCUT2D eigenvalue weighted by molar-refractivity contribution is 7.54. The third-order valence-corrected chi connectivity index (χ3v) is 6.40. The van der Waals surface area contributed by atoms with Crippen LogP contribution in [-0.4, -0.2) is 29.2 Å². The van der Waals surface area contributed by atoms with Gasteiger partial charge in [-0.25, -0.2) is 4.68 Å². The quantitative estimate of drug-likeness (QED) is 0.525. The first-order valence-electron chi connectivity index (χ1n) is 7.86. The molecule has 0 aliphatic carbocycles. The molecule has 1 atom stereocenters. The minimum Gasteiger partial charge on any atom is -0.367 e. The Morgan fingerprint density at radius 1 is 1.00 bits per heavy atom. The highest BCUT2D eigenvalue weighted by Crippen LogP contribution is 2.59. The maximum absolute atomic E-state index is 13.1. The van der Waals surface area contributed by atoms with Gasteiger partial charge in [0.1, 0.15) is 5.69 Å². The molecule has 7 nitrogen and oxygen atoms in total. The topological polar surface area (TPSA) is 78.3 Å². The fraction of sp³-hybridized carbons (Fsp3) is 0.176. The van der Waals surface area contributed by atoms with Crippen molar-refractivity contribution in [1.29, 1.82) is 0 Å². The van der Waals surface area contributed by atoms with Crippen LogP contribution in [0.5, 0.6) is 0 Å². The summed E-state index contributed by atoms with van der Waals surface area (Å²) >= 11 is 11.8. The molecule has 0 radical (unpaired) electrons. The smallest absolute Gasteiger partial charge is 0.358 e. The molecule has 1 aromatic heterocycles. The second-order valence-corrected chi connectivity index (χ2v) is 8.72. The third-order valence-electron chi connectivity index (χ3n) is 3.86. The molecule has 0 spiro atoms. The molecule has 0 bridgehead atoms. The molecule has 10 heteroatoms. The third kappa shape index (κ3) is 4.51. The van der Waals surface area contributed by atoms with E-state index in [2.05, 4.69) is 15.6 Å². The predicted molar refractivity (Wildman–Crippen MR) is 106 cm³/mol. The van der Waals surface area contributed by atoms with Gasteiger partial charge < -0.3 is 14.4 Å². The molecule has 3 rings (SSSR count). The SMILES string of the molecule is COP(=O)(OC)C(Nc1ccc(Cl)cc1)c1cn(-c2ccc(Cl)cc2)nn1. The fourth-order valence-corrected chi connectivity index (χ4v) is 4.00. The van der Waals surface area contributed by atoms with Gasteiger partial charge >= 0.3 is 7.60 Å². The van der Waals surface area contributed by atoms with Crippen molar-refractivity contribution < 1.29 is 13.6 Å². The van der Waals surface area contributed by atoms with Gasteiger partial charge in [0, 0.05) is 30.0 Å². The zero-order valence-corrected chi connectivity index (χ0v) is 16.9. The standard InChI is InChI=1S/C17H17Cl2N4O3P/c1-25-27(24,26-2)17(20-14-7-3-12(18)4-8-14)16-11-23(22-21-16)15-9-5-13(19)6-10-15/h3-11,17,20H,1-2H3. The molecule has 2 aromatic carbocycles. The normalized spacial score (nSPS) is 12.7. The first kappa shape index (κ1) is 19.9. The second kappa shape index (κ2) is 8.42. The second-order valence-electron chi connectivity index (χ2n) is 5.52. The van der Waals surface area contributed by atoms with E-state index >= 15 is 0 Å². The van der Waals surface area contributed by atoms with Crippen LogP contribution < -0.4 is 5.32 Å². The Balaban J connectivity index is 1.96. The maximum Gasteiger partial charge on any atom is 0.358 e. The van der Waals surface area contributed by atoms with Gasteiger partial charge in [-0.05, 0) is 48.5 Å². The van der Waals surface area contributed by atoms with Gasteiger partial charge in [-0.15, -0.1) is 5.10 Å². The summed E-state index contributed by atoms with van der Waals surface area (Å²) in [6, 6.07) is 14.0. The van der Waals surface area contributed by atoms with E-state index in [0.717, 1.165) is 5.69 Å². The zero-order valence-electron chi connectivity index (χ0n) is 14.5. The molecular weight excluding hydrogens is 410 g/mol. The van der Waals surface area contributed by atoms with Crippen LogP contribution in [0.1, 0.15) is 11.5 Å². The van der Waals surface area contributed by atoms with E-state index in [4.69, 9.17) is 32.2 Å². The summed E-state index contributed by atoms with van der Waals surface area (Å²) in [6.07, 6.45) is 1.65. The number of rotatable bonds is 7. The number of benzene rings is 2. The Kier molecular flexibility index (Phi) is 6.19. The van der Waals surface area contributed by atoms with Gasteiger partial charge in [0.2, 0.25) is 0 Å². The average molecular weight is 427 g/mol. The number of halogens is 2. The predicted octanol–water partition coefficient (Wildman–Crippen LogP) is 5.17.